The van der Waals surface area contributed by atoms with E-state index in [0.29, 0.717) is 17.9 Å². The number of benzene rings is 2. The van der Waals surface area contributed by atoms with E-state index in [0.717, 1.165) is 12.2 Å². The smallest absolute Gasteiger partial charge is 0.159 e. The second kappa shape index (κ2) is 6.87. The Bertz CT molecular complexity index is 573. The number of hydrogen-bond donors (Lipinski definition) is 0. The van der Waals surface area contributed by atoms with Gasteiger partial charge in [0.15, 0.2) is 5.78 Å². The van der Waals surface area contributed by atoms with E-state index in [4.69, 9.17) is 9.47 Å². The lowest BCUT2D eigenvalue weighted by Gasteiger charge is -2.07. The highest BCUT2D eigenvalue weighted by molar-refractivity contribution is 5.94. The molecule has 2 aromatic carbocycles. The zero-order valence-electron chi connectivity index (χ0n) is 11.8. The lowest BCUT2D eigenvalue weighted by molar-refractivity contribution is 0.101. The molecular weight excluding hydrogens is 252 g/mol. The molecule has 0 aliphatic heterocycles. The molecule has 3 nitrogen and oxygen atoms in total. The Kier molecular flexibility index (Phi) is 4.91. The van der Waals surface area contributed by atoms with Gasteiger partial charge in [-0.1, -0.05) is 24.3 Å². The van der Waals surface area contributed by atoms with Crippen LogP contribution in [0.3, 0.4) is 0 Å². The summed E-state index contributed by atoms with van der Waals surface area (Å²) in [6.07, 6.45) is 0.886. The Morgan fingerprint density at radius 3 is 2.45 bits per heavy atom. The molecule has 2 aromatic rings. The summed E-state index contributed by atoms with van der Waals surface area (Å²) in [4.78, 5) is 11.3. The van der Waals surface area contributed by atoms with Crippen LogP contribution in [-0.4, -0.2) is 19.5 Å². The van der Waals surface area contributed by atoms with Crippen molar-refractivity contribution in [2.75, 3.05) is 13.7 Å². The molecule has 0 aliphatic carbocycles. The van der Waals surface area contributed by atoms with E-state index in [-0.39, 0.29) is 5.78 Å². The molecule has 0 saturated carbocycles. The normalized spacial score (nSPS) is 10.3. The minimum Gasteiger partial charge on any atom is -0.457 e. The lowest BCUT2D eigenvalue weighted by atomic mass is 10.1. The van der Waals surface area contributed by atoms with Crippen molar-refractivity contribution in [3.05, 3.63) is 59.7 Å². The fraction of sp³-hybridized carbons (Fsp3) is 0.235. The number of methoxy groups -OCH3 is 1. The Labute approximate surface area is 119 Å². The molecule has 0 N–H and O–H groups in total. The molecule has 104 valence electrons. The molecule has 0 aromatic heterocycles. The summed E-state index contributed by atoms with van der Waals surface area (Å²) >= 11 is 0. The molecule has 20 heavy (non-hydrogen) atoms. The number of hydrogen-bond acceptors (Lipinski definition) is 3. The third-order valence-electron chi connectivity index (χ3n) is 2.99. The zero-order chi connectivity index (χ0) is 14.4. The largest absolute Gasteiger partial charge is 0.457 e. The number of rotatable bonds is 6. The molecule has 0 heterocycles. The number of ether oxygens (including phenoxy) is 2. The first-order valence-corrected chi connectivity index (χ1v) is 6.56. The summed E-state index contributed by atoms with van der Waals surface area (Å²) in [6.45, 7) is 2.25. The molecule has 0 unspecified atom stereocenters. The van der Waals surface area contributed by atoms with Gasteiger partial charge in [0, 0.05) is 12.7 Å². The van der Waals surface area contributed by atoms with Gasteiger partial charge in [-0.25, -0.2) is 0 Å². The van der Waals surface area contributed by atoms with E-state index in [9.17, 15) is 4.79 Å². The minimum absolute atomic E-state index is 0.0327. The molecule has 0 bridgehead atoms. The average Bonchev–Trinajstić information content (AvgIpc) is 2.47. The van der Waals surface area contributed by atoms with Gasteiger partial charge in [0.25, 0.3) is 0 Å². The Hall–Kier alpha value is -2.13. The molecule has 0 saturated heterocycles. The fourth-order valence-electron chi connectivity index (χ4n) is 1.86. The molecule has 0 aliphatic rings. The highest BCUT2D eigenvalue weighted by atomic mass is 16.5. The van der Waals surface area contributed by atoms with Crippen LogP contribution >= 0.6 is 0 Å². The summed E-state index contributed by atoms with van der Waals surface area (Å²) in [6, 6.07) is 15.1. The van der Waals surface area contributed by atoms with Gasteiger partial charge >= 0.3 is 0 Å². The standard InChI is InChI=1S/C17H18O3/c1-13(18)15-4-3-5-17(12-15)20-16-8-6-14(7-9-16)10-11-19-2/h3-9,12H,10-11H2,1-2H3. The highest BCUT2D eigenvalue weighted by Crippen LogP contribution is 2.23. The maximum Gasteiger partial charge on any atom is 0.159 e. The van der Waals surface area contributed by atoms with Gasteiger partial charge in [-0.15, -0.1) is 0 Å². The quantitative estimate of drug-likeness (QED) is 0.747. The van der Waals surface area contributed by atoms with Crippen molar-refractivity contribution >= 4 is 5.78 Å². The molecule has 3 heteroatoms. The molecule has 0 amide bonds. The summed E-state index contributed by atoms with van der Waals surface area (Å²) in [5.74, 6) is 1.46. The Morgan fingerprint density at radius 1 is 1.05 bits per heavy atom. The number of ketones is 1. The van der Waals surface area contributed by atoms with Crippen molar-refractivity contribution in [1.82, 2.24) is 0 Å². The maximum atomic E-state index is 11.3. The first-order valence-electron chi connectivity index (χ1n) is 6.56. The van der Waals surface area contributed by atoms with E-state index >= 15 is 0 Å². The van der Waals surface area contributed by atoms with Crippen molar-refractivity contribution in [2.24, 2.45) is 0 Å². The second-order valence-electron chi connectivity index (χ2n) is 4.57. The van der Waals surface area contributed by atoms with Crippen LogP contribution in [0.4, 0.5) is 0 Å². The first kappa shape index (κ1) is 14.3. The topological polar surface area (TPSA) is 35.5 Å². The van der Waals surface area contributed by atoms with Gasteiger partial charge in [-0.05, 0) is 43.2 Å². The van der Waals surface area contributed by atoms with Gasteiger partial charge in [0.05, 0.1) is 6.61 Å². The van der Waals surface area contributed by atoms with E-state index in [1.807, 2.05) is 36.4 Å². The van der Waals surface area contributed by atoms with Crippen molar-refractivity contribution < 1.29 is 14.3 Å². The third kappa shape index (κ3) is 3.93. The van der Waals surface area contributed by atoms with E-state index in [1.54, 1.807) is 26.2 Å². The van der Waals surface area contributed by atoms with Gasteiger partial charge in [-0.2, -0.15) is 0 Å². The summed E-state index contributed by atoms with van der Waals surface area (Å²) in [7, 11) is 1.69. The van der Waals surface area contributed by atoms with E-state index < -0.39 is 0 Å². The van der Waals surface area contributed by atoms with Crippen molar-refractivity contribution in [1.29, 1.82) is 0 Å². The average molecular weight is 270 g/mol. The summed E-state index contributed by atoms with van der Waals surface area (Å²) < 4.78 is 10.8. The van der Waals surface area contributed by atoms with E-state index in [1.165, 1.54) is 5.56 Å². The molecule has 0 fully saturated rings. The maximum absolute atomic E-state index is 11.3. The summed E-state index contributed by atoms with van der Waals surface area (Å²) in [5.41, 5.74) is 1.86. The van der Waals surface area contributed by atoms with Crippen molar-refractivity contribution in [2.45, 2.75) is 13.3 Å². The van der Waals surface area contributed by atoms with Crippen LogP contribution in [0.5, 0.6) is 11.5 Å². The van der Waals surface area contributed by atoms with Crippen LogP contribution in [0, 0.1) is 0 Å². The van der Waals surface area contributed by atoms with Crippen molar-refractivity contribution in [3.8, 4) is 11.5 Å². The van der Waals surface area contributed by atoms with Crippen LogP contribution < -0.4 is 4.74 Å². The fourth-order valence-corrected chi connectivity index (χ4v) is 1.86. The minimum atomic E-state index is 0.0327. The van der Waals surface area contributed by atoms with Gasteiger partial charge in [0.1, 0.15) is 11.5 Å². The molecular formula is C17H18O3. The van der Waals surface area contributed by atoms with Crippen LogP contribution in [-0.2, 0) is 11.2 Å². The monoisotopic (exact) mass is 270 g/mol. The van der Waals surface area contributed by atoms with Crippen LogP contribution in [0.25, 0.3) is 0 Å². The van der Waals surface area contributed by atoms with Gasteiger partial charge in [0.2, 0.25) is 0 Å². The molecule has 2 rings (SSSR count). The summed E-state index contributed by atoms with van der Waals surface area (Å²) in [5, 5.41) is 0. The van der Waals surface area contributed by atoms with Gasteiger partial charge in [-0.3, -0.25) is 4.79 Å². The first-order chi connectivity index (χ1) is 9.69. The van der Waals surface area contributed by atoms with E-state index in [2.05, 4.69) is 0 Å². The van der Waals surface area contributed by atoms with Crippen LogP contribution in [0.1, 0.15) is 22.8 Å². The van der Waals surface area contributed by atoms with Crippen LogP contribution in [0.2, 0.25) is 0 Å². The van der Waals surface area contributed by atoms with Crippen LogP contribution in [0.15, 0.2) is 48.5 Å². The number of carbonyl (C=O) groups is 1. The Morgan fingerprint density at radius 2 is 1.80 bits per heavy atom. The Balaban J connectivity index is 2.06. The predicted molar refractivity (Wildman–Crippen MR) is 78.5 cm³/mol. The zero-order valence-corrected chi connectivity index (χ0v) is 11.8. The molecule has 0 atom stereocenters. The highest BCUT2D eigenvalue weighted by Gasteiger charge is 2.02. The molecule has 0 spiro atoms. The SMILES string of the molecule is COCCc1ccc(Oc2cccc(C(C)=O)c2)cc1. The lowest BCUT2D eigenvalue weighted by Crippen LogP contribution is -1.94. The second-order valence-corrected chi connectivity index (χ2v) is 4.57. The number of carbonyl (C=O) groups excluding carboxylic acids is 1. The third-order valence-corrected chi connectivity index (χ3v) is 2.99. The van der Waals surface area contributed by atoms with Crippen molar-refractivity contribution in [3.63, 3.8) is 0 Å². The predicted octanol–water partition coefficient (Wildman–Crippen LogP) is 3.87. The molecule has 0 radical (unpaired) electrons. The van der Waals surface area contributed by atoms with Gasteiger partial charge < -0.3 is 9.47 Å². The number of Topliss-reactive ketones (excluding diaryl/α,β-unsaturated/α-hetero) is 1.